The number of amides is 3. The molecule has 2 aliphatic heterocycles. The topological polar surface area (TPSA) is 218 Å². The number of hydrogen-bond donors (Lipinski definition) is 4. The van der Waals surface area contributed by atoms with Crippen LogP contribution in [0.1, 0.15) is 5.69 Å². The average Bonchev–Trinajstić information content (AvgIpc) is 3.49. The molecule has 190 valence electrons. The molecule has 4 N–H and O–H groups in total. The lowest BCUT2D eigenvalue weighted by molar-refractivity contribution is -0.150. The monoisotopic (exact) mass is 557 g/mol. The van der Waals surface area contributed by atoms with Crippen molar-refractivity contribution in [2.24, 2.45) is 12.2 Å². The minimum absolute atomic E-state index is 0.163. The number of aryl methyl sites for hydroxylation is 1. The van der Waals surface area contributed by atoms with Crippen LogP contribution in [-0.2, 0) is 26.2 Å². The van der Waals surface area contributed by atoms with Crippen molar-refractivity contribution in [1.82, 2.24) is 35.4 Å². The van der Waals surface area contributed by atoms with E-state index in [9.17, 15) is 29.5 Å². The van der Waals surface area contributed by atoms with Crippen LogP contribution in [0.25, 0.3) is 0 Å². The molecular formula is C17H16ClN9O7S2. The molecule has 0 aliphatic carbocycles. The second-order valence-corrected chi connectivity index (χ2v) is 9.48. The molecule has 0 aromatic carbocycles. The van der Waals surface area contributed by atoms with Crippen LogP contribution in [0.2, 0.25) is 0 Å². The summed E-state index contributed by atoms with van der Waals surface area (Å²) >= 11 is 7.88. The number of hydrogen-bond acceptors (Lipinski definition) is 13. The summed E-state index contributed by atoms with van der Waals surface area (Å²) in [7, 11) is 1.65. The number of carbonyl (C=O) groups is 4. The Labute approximate surface area is 214 Å². The zero-order valence-corrected chi connectivity index (χ0v) is 20.5. The quantitative estimate of drug-likeness (QED) is 0.0733. The summed E-state index contributed by atoms with van der Waals surface area (Å²) < 4.78 is 6.43. The third-order valence-electron chi connectivity index (χ3n) is 4.92. The van der Waals surface area contributed by atoms with Gasteiger partial charge in [-0.3, -0.25) is 24.6 Å². The van der Waals surface area contributed by atoms with Crippen molar-refractivity contribution in [1.29, 1.82) is 0 Å². The number of oxime groups is 1. The number of anilines is 1. The number of β-lactam (4-membered cyclic amide) rings is 1. The lowest BCUT2D eigenvalue weighted by Crippen LogP contribution is -2.71. The molecule has 0 spiro atoms. The first kappa shape index (κ1) is 25.5. The lowest BCUT2D eigenvalue weighted by atomic mass is 10.0. The van der Waals surface area contributed by atoms with Crippen LogP contribution >= 0.6 is 35.1 Å². The molecule has 1 fully saturated rings. The van der Waals surface area contributed by atoms with Crippen LogP contribution in [-0.4, -0.2) is 98.6 Å². The zero-order valence-electron chi connectivity index (χ0n) is 18.1. The van der Waals surface area contributed by atoms with Gasteiger partial charge in [-0.05, 0) is 16.0 Å². The highest BCUT2D eigenvalue weighted by Gasteiger charge is 2.54. The number of oxazole rings is 1. The van der Waals surface area contributed by atoms with E-state index in [0.717, 1.165) is 11.2 Å². The smallest absolute Gasteiger partial charge is 0.352 e. The van der Waals surface area contributed by atoms with Crippen LogP contribution in [0.5, 0.6) is 0 Å². The molecule has 2 aromatic heterocycles. The van der Waals surface area contributed by atoms with E-state index in [2.05, 4.69) is 36.3 Å². The van der Waals surface area contributed by atoms with Crippen molar-refractivity contribution in [2.45, 2.75) is 16.6 Å². The maximum atomic E-state index is 12.8. The van der Waals surface area contributed by atoms with Crippen molar-refractivity contribution in [2.75, 3.05) is 22.7 Å². The van der Waals surface area contributed by atoms with Gasteiger partial charge in [0.15, 0.2) is 5.71 Å². The molecule has 4 rings (SSSR count). The summed E-state index contributed by atoms with van der Waals surface area (Å²) in [6.07, 6.45) is 0.963. The van der Waals surface area contributed by atoms with Gasteiger partial charge in [-0.1, -0.05) is 16.9 Å². The predicted octanol–water partition coefficient (Wildman–Crippen LogP) is -0.915. The number of alkyl halides is 1. The van der Waals surface area contributed by atoms with Crippen molar-refractivity contribution in [3.8, 4) is 0 Å². The number of carboxylic acid groups (broad SMARTS) is 1. The molecule has 2 aromatic rings. The molecule has 0 bridgehead atoms. The molecule has 4 heterocycles. The number of fused-ring (bicyclic) bond motifs is 1. The molecule has 0 radical (unpaired) electrons. The number of tetrazole rings is 1. The normalized spacial score (nSPS) is 19.6. The fourth-order valence-corrected chi connectivity index (χ4v) is 5.71. The Balaban J connectivity index is 1.45. The highest BCUT2D eigenvalue weighted by atomic mass is 35.5. The number of carbonyl (C=O) groups excluding carboxylic acids is 3. The Morgan fingerprint density at radius 2 is 2.19 bits per heavy atom. The van der Waals surface area contributed by atoms with Gasteiger partial charge in [0, 0.05) is 18.6 Å². The molecule has 1 saturated heterocycles. The van der Waals surface area contributed by atoms with Gasteiger partial charge < -0.3 is 20.0 Å². The second-order valence-electron chi connectivity index (χ2n) is 7.16. The molecule has 36 heavy (non-hydrogen) atoms. The van der Waals surface area contributed by atoms with Crippen molar-refractivity contribution in [3.05, 3.63) is 23.2 Å². The van der Waals surface area contributed by atoms with Gasteiger partial charge in [0.1, 0.15) is 34.9 Å². The first-order valence-corrected chi connectivity index (χ1v) is 12.4. The second kappa shape index (κ2) is 10.5. The highest BCUT2D eigenvalue weighted by Crippen LogP contribution is 2.41. The molecule has 0 saturated carbocycles. The standard InChI is InChI=1S/C17H16ClN9O7S2/c1-26-17(22-24-25-26)36-5-6-4-35-14-10(13(30)27(14)11(6)15(31)32)21-12(29)9(23-33)7-3-34-16(19-7)20-8(28)2-18/h3,10,14,33H,2,4-5H2,1H3,(H,21,29)(H,31,32)(H,19,20,28)/b23-9-/t10-,14-/m1/s1. The van der Waals surface area contributed by atoms with Gasteiger partial charge in [0.25, 0.3) is 11.8 Å². The van der Waals surface area contributed by atoms with Crippen molar-refractivity contribution < 1.29 is 33.9 Å². The van der Waals surface area contributed by atoms with E-state index in [0.29, 0.717) is 10.7 Å². The van der Waals surface area contributed by atoms with E-state index in [1.165, 1.54) is 28.2 Å². The van der Waals surface area contributed by atoms with E-state index < -0.39 is 40.8 Å². The van der Waals surface area contributed by atoms with Crippen LogP contribution in [0.3, 0.4) is 0 Å². The molecular weight excluding hydrogens is 542 g/mol. The van der Waals surface area contributed by atoms with Crippen LogP contribution in [0, 0.1) is 0 Å². The van der Waals surface area contributed by atoms with Gasteiger partial charge in [0.2, 0.25) is 11.1 Å². The van der Waals surface area contributed by atoms with E-state index in [4.69, 9.17) is 16.0 Å². The number of rotatable bonds is 9. The van der Waals surface area contributed by atoms with Gasteiger partial charge in [0.05, 0.1) is 0 Å². The van der Waals surface area contributed by atoms with Gasteiger partial charge in [-0.2, -0.15) is 4.98 Å². The van der Waals surface area contributed by atoms with Crippen molar-refractivity contribution in [3.63, 3.8) is 0 Å². The number of carboxylic acids is 1. The van der Waals surface area contributed by atoms with Gasteiger partial charge >= 0.3 is 12.0 Å². The Morgan fingerprint density at radius 1 is 1.42 bits per heavy atom. The largest absolute Gasteiger partial charge is 0.477 e. The zero-order chi connectivity index (χ0) is 26.0. The van der Waals surface area contributed by atoms with Gasteiger partial charge in [-0.25, -0.2) is 9.48 Å². The van der Waals surface area contributed by atoms with E-state index in [1.807, 2.05) is 0 Å². The minimum atomic E-state index is -1.28. The highest BCUT2D eigenvalue weighted by molar-refractivity contribution is 8.01. The molecule has 16 nitrogen and oxygen atoms in total. The van der Waals surface area contributed by atoms with Crippen LogP contribution in [0.15, 0.2) is 32.3 Å². The maximum absolute atomic E-state index is 12.8. The van der Waals surface area contributed by atoms with Crippen LogP contribution < -0.4 is 10.6 Å². The Bertz CT molecular complexity index is 1290. The number of halogens is 1. The third kappa shape index (κ3) is 4.86. The fraction of sp³-hybridized carbons (Fsp3) is 0.353. The first-order valence-electron chi connectivity index (χ1n) is 9.85. The summed E-state index contributed by atoms with van der Waals surface area (Å²) in [4.78, 5) is 53.8. The summed E-state index contributed by atoms with van der Waals surface area (Å²) in [6.45, 7) is 0. The molecule has 2 atom stereocenters. The third-order valence-corrected chi connectivity index (χ3v) is 7.60. The summed E-state index contributed by atoms with van der Waals surface area (Å²) in [5.41, 5.74) is -0.463. The van der Waals surface area contributed by atoms with Gasteiger partial charge in [-0.15, -0.1) is 28.5 Å². The van der Waals surface area contributed by atoms with E-state index in [-0.39, 0.29) is 34.8 Å². The average molecular weight is 558 g/mol. The molecule has 2 aliphatic rings. The Morgan fingerprint density at radius 3 is 2.83 bits per heavy atom. The summed E-state index contributed by atoms with van der Waals surface area (Å²) in [5.74, 6) is -3.33. The Kier molecular flexibility index (Phi) is 7.45. The maximum Gasteiger partial charge on any atom is 0.352 e. The number of nitrogens with zero attached hydrogens (tertiary/aromatic N) is 7. The summed E-state index contributed by atoms with van der Waals surface area (Å²) in [6, 6.07) is -1.36. The fourth-order valence-electron chi connectivity index (χ4n) is 3.30. The predicted molar refractivity (Wildman–Crippen MR) is 123 cm³/mol. The number of nitrogens with one attached hydrogen (secondary N) is 2. The minimum Gasteiger partial charge on any atom is -0.477 e. The SMILES string of the molecule is Cn1nnnc1SCC1=C(C(=O)O)N2C(=O)[C@@H](NC(=O)/C(=N\O)c3coc(NC(=O)CCl)n3)[C@H]2SC1. The van der Waals surface area contributed by atoms with Crippen LogP contribution in [0.4, 0.5) is 6.01 Å². The Hall–Kier alpha value is -3.64. The lowest BCUT2D eigenvalue weighted by Gasteiger charge is -2.49. The van der Waals surface area contributed by atoms with Crippen molar-refractivity contribution >= 4 is 70.5 Å². The van der Waals surface area contributed by atoms with E-state index in [1.54, 1.807) is 7.05 Å². The first-order chi connectivity index (χ1) is 17.2. The molecule has 3 amide bonds. The van der Waals surface area contributed by atoms with E-state index >= 15 is 0 Å². The molecule has 0 unspecified atom stereocenters. The summed E-state index contributed by atoms with van der Waals surface area (Å²) in [5, 5.41) is 37.5. The molecule has 19 heteroatoms. The number of aliphatic carboxylic acids is 1. The number of aromatic nitrogens is 5. The number of thioether (sulfide) groups is 2.